The Bertz CT molecular complexity index is 964. The number of fused-ring (bicyclic) bond motifs is 1. The van der Waals surface area contributed by atoms with Crippen molar-refractivity contribution in [3.8, 4) is 0 Å². The maximum absolute atomic E-state index is 13.0. The van der Waals surface area contributed by atoms with Crippen LogP contribution >= 0.6 is 0 Å². The molecule has 30 heavy (non-hydrogen) atoms. The van der Waals surface area contributed by atoms with Crippen LogP contribution in [-0.2, 0) is 32.5 Å². The molecule has 1 fully saturated rings. The lowest BCUT2D eigenvalue weighted by Gasteiger charge is -2.28. The molecule has 3 rings (SSSR count). The number of aryl methyl sites for hydroxylation is 2. The number of hydrogen-bond acceptors (Lipinski definition) is 6. The molecule has 1 aliphatic heterocycles. The van der Waals surface area contributed by atoms with Crippen molar-refractivity contribution >= 4 is 22.7 Å². The molecule has 1 unspecified atom stereocenters. The van der Waals surface area contributed by atoms with E-state index in [0.717, 1.165) is 17.5 Å². The second-order valence-corrected chi connectivity index (χ2v) is 7.49. The molecule has 0 radical (unpaired) electrons. The van der Waals surface area contributed by atoms with Gasteiger partial charge in [0.2, 0.25) is 0 Å². The molecule has 2 aromatic rings. The van der Waals surface area contributed by atoms with Crippen molar-refractivity contribution < 1.29 is 19.1 Å². The second-order valence-electron chi connectivity index (χ2n) is 7.49. The van der Waals surface area contributed by atoms with E-state index in [-0.39, 0.29) is 23.8 Å². The number of para-hydroxylation sites is 1. The van der Waals surface area contributed by atoms with Crippen molar-refractivity contribution in [3.05, 3.63) is 34.2 Å². The molecule has 1 amide bonds. The maximum atomic E-state index is 13.0. The highest BCUT2D eigenvalue weighted by atomic mass is 16.5. The van der Waals surface area contributed by atoms with E-state index in [1.807, 2.05) is 12.1 Å². The fraction of sp³-hybridized carbons (Fsp3) is 0.571. The van der Waals surface area contributed by atoms with Gasteiger partial charge in [-0.3, -0.25) is 18.7 Å². The summed E-state index contributed by atoms with van der Waals surface area (Å²) in [7, 11) is 3.34. The van der Waals surface area contributed by atoms with E-state index < -0.39 is 6.04 Å². The standard InChI is InChI=1S/C21H30N4O5/c1-23-10-8-17(26)19(20(23)27)25-16-7-3-5-15(18(16)24(2)21(25)28)6-4-11-29-13-14-30-12-9-22/h3,5,7,19H,4,6,8-14,22H2,1-2H3. The third-order valence-corrected chi connectivity index (χ3v) is 5.42. The number of aromatic nitrogens is 2. The van der Waals surface area contributed by atoms with Crippen LogP contribution in [0.5, 0.6) is 0 Å². The Morgan fingerprint density at radius 2 is 1.80 bits per heavy atom. The van der Waals surface area contributed by atoms with Gasteiger partial charge < -0.3 is 20.1 Å². The summed E-state index contributed by atoms with van der Waals surface area (Å²) in [5, 5.41) is 0. The van der Waals surface area contributed by atoms with Crippen molar-refractivity contribution in [2.24, 2.45) is 12.8 Å². The largest absolute Gasteiger partial charge is 0.379 e. The van der Waals surface area contributed by atoms with E-state index in [2.05, 4.69) is 0 Å². The Hall–Kier alpha value is -2.49. The van der Waals surface area contributed by atoms with E-state index in [4.69, 9.17) is 15.2 Å². The van der Waals surface area contributed by atoms with Crippen LogP contribution in [0.25, 0.3) is 11.0 Å². The molecule has 1 saturated heterocycles. The molecule has 2 heterocycles. The number of ether oxygens (including phenoxy) is 2. The molecule has 1 aromatic heterocycles. The van der Waals surface area contributed by atoms with Gasteiger partial charge in [-0.1, -0.05) is 12.1 Å². The minimum atomic E-state index is -1.09. The Kier molecular flexibility index (Phi) is 7.41. The number of carbonyl (C=O) groups is 2. The molecule has 9 nitrogen and oxygen atoms in total. The summed E-state index contributed by atoms with van der Waals surface area (Å²) >= 11 is 0. The normalized spacial score (nSPS) is 17.3. The first-order chi connectivity index (χ1) is 14.5. The van der Waals surface area contributed by atoms with E-state index in [9.17, 15) is 14.4 Å². The summed E-state index contributed by atoms with van der Waals surface area (Å²) in [6, 6.07) is 4.52. The average molecular weight is 418 g/mol. The number of nitrogens with two attached hydrogens (primary N) is 1. The Morgan fingerprint density at radius 3 is 2.53 bits per heavy atom. The maximum Gasteiger partial charge on any atom is 0.329 e. The Balaban J connectivity index is 1.77. The molecule has 9 heteroatoms. The van der Waals surface area contributed by atoms with Crippen molar-refractivity contribution in [1.82, 2.24) is 14.0 Å². The van der Waals surface area contributed by atoms with Gasteiger partial charge in [0.1, 0.15) is 0 Å². The van der Waals surface area contributed by atoms with E-state index in [0.29, 0.717) is 51.5 Å². The SMILES string of the molecule is CN1CCC(=O)C(n2c(=O)n(C)c3c(CCCOCCOCCN)cccc32)C1=O. The lowest BCUT2D eigenvalue weighted by molar-refractivity contribution is -0.143. The lowest BCUT2D eigenvalue weighted by atomic mass is 10.0. The smallest absolute Gasteiger partial charge is 0.329 e. The molecule has 1 aromatic carbocycles. The molecule has 1 atom stereocenters. The van der Waals surface area contributed by atoms with Crippen molar-refractivity contribution in [1.29, 1.82) is 0 Å². The minimum Gasteiger partial charge on any atom is -0.379 e. The van der Waals surface area contributed by atoms with Crippen molar-refractivity contribution in [2.75, 3.05) is 46.6 Å². The number of rotatable bonds is 10. The highest BCUT2D eigenvalue weighted by Gasteiger charge is 2.37. The van der Waals surface area contributed by atoms with Gasteiger partial charge in [0.15, 0.2) is 11.8 Å². The van der Waals surface area contributed by atoms with Crippen LogP contribution in [0.1, 0.15) is 24.4 Å². The molecule has 0 spiro atoms. The van der Waals surface area contributed by atoms with E-state index >= 15 is 0 Å². The van der Waals surface area contributed by atoms with Crippen LogP contribution in [-0.4, -0.2) is 72.3 Å². The molecule has 0 bridgehead atoms. The number of Topliss-reactive ketones (excluding diaryl/α,β-unsaturated/α-hetero) is 1. The number of carbonyl (C=O) groups excluding carboxylic acids is 2. The number of hydrogen-bond donors (Lipinski definition) is 1. The first-order valence-corrected chi connectivity index (χ1v) is 10.3. The quantitative estimate of drug-likeness (QED) is 0.437. The van der Waals surface area contributed by atoms with Crippen LogP contribution in [0, 0.1) is 0 Å². The van der Waals surface area contributed by atoms with Gasteiger partial charge in [0.25, 0.3) is 5.91 Å². The molecule has 164 valence electrons. The van der Waals surface area contributed by atoms with Crippen LogP contribution in [0.3, 0.4) is 0 Å². The van der Waals surface area contributed by atoms with Crippen molar-refractivity contribution in [2.45, 2.75) is 25.3 Å². The summed E-state index contributed by atoms with van der Waals surface area (Å²) < 4.78 is 13.7. The fourth-order valence-corrected chi connectivity index (χ4v) is 3.87. The number of benzene rings is 1. The monoisotopic (exact) mass is 418 g/mol. The summed E-state index contributed by atoms with van der Waals surface area (Å²) in [5.41, 5.74) is 7.36. The number of likely N-dealkylation sites (tertiary alicyclic amines) is 1. The molecule has 0 saturated carbocycles. The summed E-state index contributed by atoms with van der Waals surface area (Å²) in [6.07, 6.45) is 1.74. The lowest BCUT2D eigenvalue weighted by Crippen LogP contribution is -2.47. The molecular weight excluding hydrogens is 388 g/mol. The van der Waals surface area contributed by atoms with Crippen LogP contribution in [0.15, 0.2) is 23.0 Å². The van der Waals surface area contributed by atoms with Gasteiger partial charge in [0.05, 0.1) is 30.9 Å². The number of amides is 1. The number of nitrogens with zero attached hydrogens (tertiary/aromatic N) is 3. The zero-order valence-corrected chi connectivity index (χ0v) is 17.6. The number of imidazole rings is 1. The predicted octanol–water partition coefficient (Wildman–Crippen LogP) is 0.237. The number of ketones is 1. The summed E-state index contributed by atoms with van der Waals surface area (Å²) in [4.78, 5) is 39.7. The van der Waals surface area contributed by atoms with Crippen LogP contribution in [0.2, 0.25) is 0 Å². The average Bonchev–Trinajstić information content (AvgIpc) is 2.99. The van der Waals surface area contributed by atoms with Gasteiger partial charge in [0, 0.05) is 40.2 Å². The van der Waals surface area contributed by atoms with Gasteiger partial charge >= 0.3 is 5.69 Å². The highest BCUT2D eigenvalue weighted by Crippen LogP contribution is 2.25. The molecule has 2 N–H and O–H groups in total. The minimum absolute atomic E-state index is 0.219. The van der Waals surface area contributed by atoms with E-state index in [1.165, 1.54) is 14.0 Å². The van der Waals surface area contributed by atoms with Crippen LogP contribution < -0.4 is 11.4 Å². The van der Waals surface area contributed by atoms with Gasteiger partial charge in [-0.15, -0.1) is 0 Å². The third kappa shape index (κ3) is 4.48. The zero-order valence-electron chi connectivity index (χ0n) is 17.6. The van der Waals surface area contributed by atoms with Gasteiger partial charge in [-0.2, -0.15) is 0 Å². The van der Waals surface area contributed by atoms with Crippen LogP contribution in [0.4, 0.5) is 0 Å². The molecule has 1 aliphatic rings. The Labute approximate surface area is 175 Å². The third-order valence-electron chi connectivity index (χ3n) is 5.42. The molecular formula is C21H30N4O5. The zero-order chi connectivity index (χ0) is 21.7. The Morgan fingerprint density at radius 1 is 1.07 bits per heavy atom. The van der Waals surface area contributed by atoms with Crippen molar-refractivity contribution in [3.63, 3.8) is 0 Å². The summed E-state index contributed by atoms with van der Waals surface area (Å²) in [5.74, 6) is -0.556. The van der Waals surface area contributed by atoms with Gasteiger partial charge in [-0.25, -0.2) is 4.79 Å². The van der Waals surface area contributed by atoms with Gasteiger partial charge in [-0.05, 0) is 24.5 Å². The number of piperidine rings is 1. The summed E-state index contributed by atoms with van der Waals surface area (Å²) in [6.45, 7) is 3.01. The van der Waals surface area contributed by atoms with E-state index in [1.54, 1.807) is 20.2 Å². The number of likely N-dealkylation sites (N-methyl/N-ethyl adjacent to an activating group) is 1. The fourth-order valence-electron chi connectivity index (χ4n) is 3.87. The first kappa shape index (κ1) is 22.2. The second kappa shape index (κ2) is 10.0. The highest BCUT2D eigenvalue weighted by molar-refractivity contribution is 6.06. The predicted molar refractivity (Wildman–Crippen MR) is 112 cm³/mol. The topological polar surface area (TPSA) is 109 Å². The first-order valence-electron chi connectivity index (χ1n) is 10.3. The molecule has 0 aliphatic carbocycles.